The second-order valence-corrected chi connectivity index (χ2v) is 5.89. The van der Waals surface area contributed by atoms with Crippen molar-refractivity contribution in [1.29, 1.82) is 0 Å². The monoisotopic (exact) mass is 265 g/mol. The van der Waals surface area contributed by atoms with Crippen molar-refractivity contribution in [2.75, 3.05) is 38.7 Å². The second-order valence-electron chi connectivity index (χ2n) is 3.80. The maximum Gasteiger partial charge on any atom is 0.306 e. The van der Waals surface area contributed by atoms with Crippen LogP contribution in [0, 0.1) is 0 Å². The van der Waals surface area contributed by atoms with E-state index < -0.39 is 16.0 Å². The molecule has 0 unspecified atom stereocenters. The van der Waals surface area contributed by atoms with Gasteiger partial charge in [-0.15, -0.1) is 0 Å². The Morgan fingerprint density at radius 3 is 2.59 bits per heavy atom. The summed E-state index contributed by atoms with van der Waals surface area (Å²) in [6, 6.07) is 0. The van der Waals surface area contributed by atoms with Gasteiger partial charge < -0.3 is 9.47 Å². The van der Waals surface area contributed by atoms with Gasteiger partial charge in [0.05, 0.1) is 32.0 Å². The zero-order valence-corrected chi connectivity index (χ0v) is 10.9. The fourth-order valence-corrected chi connectivity index (χ4v) is 2.84. The van der Waals surface area contributed by atoms with Gasteiger partial charge in [0.1, 0.15) is 0 Å². The summed E-state index contributed by atoms with van der Waals surface area (Å²) >= 11 is 0. The molecule has 0 aromatic carbocycles. The van der Waals surface area contributed by atoms with Crippen molar-refractivity contribution in [1.82, 2.24) is 4.31 Å². The van der Waals surface area contributed by atoms with Crippen LogP contribution in [0.5, 0.6) is 0 Å². The predicted octanol–water partition coefficient (Wildman–Crippen LogP) is -0.00830. The summed E-state index contributed by atoms with van der Waals surface area (Å²) in [5.41, 5.74) is 0. The first-order valence-corrected chi connectivity index (χ1v) is 7.38. The van der Waals surface area contributed by atoms with Gasteiger partial charge in [0.25, 0.3) is 0 Å². The van der Waals surface area contributed by atoms with Crippen LogP contribution in [-0.2, 0) is 24.3 Å². The van der Waals surface area contributed by atoms with E-state index in [0.717, 1.165) is 6.42 Å². The predicted molar refractivity (Wildman–Crippen MR) is 62.0 cm³/mol. The Morgan fingerprint density at radius 1 is 1.35 bits per heavy atom. The van der Waals surface area contributed by atoms with Gasteiger partial charge in [-0.2, -0.15) is 4.31 Å². The van der Waals surface area contributed by atoms with Crippen molar-refractivity contribution < 1.29 is 22.7 Å². The van der Waals surface area contributed by atoms with Crippen LogP contribution in [0.1, 0.15) is 19.8 Å². The summed E-state index contributed by atoms with van der Waals surface area (Å²) in [5.74, 6) is -0.640. The molecule has 1 aliphatic rings. The number of carbonyl (C=O) groups is 1. The number of hydrogen-bond acceptors (Lipinski definition) is 5. The average molecular weight is 265 g/mol. The van der Waals surface area contributed by atoms with Crippen LogP contribution in [0.15, 0.2) is 0 Å². The molecule has 0 radical (unpaired) electrons. The molecule has 1 fully saturated rings. The van der Waals surface area contributed by atoms with Gasteiger partial charge in [0.15, 0.2) is 0 Å². The van der Waals surface area contributed by atoms with Gasteiger partial charge in [-0.05, 0) is 6.42 Å². The molecule has 1 saturated heterocycles. The number of rotatable bonds is 6. The summed E-state index contributed by atoms with van der Waals surface area (Å²) < 4.78 is 34.9. The summed E-state index contributed by atoms with van der Waals surface area (Å²) in [5, 5.41) is 0. The largest absolute Gasteiger partial charge is 0.466 e. The fraction of sp³-hybridized carbons (Fsp3) is 0.900. The second kappa shape index (κ2) is 6.93. The third kappa shape index (κ3) is 5.01. The van der Waals surface area contributed by atoms with Crippen LogP contribution in [0.25, 0.3) is 0 Å². The van der Waals surface area contributed by atoms with E-state index in [1.165, 1.54) is 4.31 Å². The molecule has 7 heteroatoms. The molecule has 1 aliphatic heterocycles. The lowest BCUT2D eigenvalue weighted by molar-refractivity contribution is -0.143. The Labute approximate surface area is 102 Å². The molecule has 0 aromatic rings. The molecular weight excluding hydrogens is 246 g/mol. The lowest BCUT2D eigenvalue weighted by Crippen LogP contribution is -2.42. The maximum absolute atomic E-state index is 11.8. The van der Waals surface area contributed by atoms with Gasteiger partial charge in [-0.3, -0.25) is 4.79 Å². The molecular formula is C10H19NO5S. The topological polar surface area (TPSA) is 72.9 Å². The SMILES string of the molecule is CCCOC(=O)CCS(=O)(=O)N1CCOCC1. The smallest absolute Gasteiger partial charge is 0.306 e. The molecule has 0 aliphatic carbocycles. The minimum atomic E-state index is -3.35. The summed E-state index contributed by atoms with van der Waals surface area (Å²) in [6.07, 6.45) is 0.654. The number of carbonyl (C=O) groups excluding carboxylic acids is 1. The van der Waals surface area contributed by atoms with Crippen LogP contribution < -0.4 is 0 Å². The van der Waals surface area contributed by atoms with E-state index in [0.29, 0.717) is 32.9 Å². The Morgan fingerprint density at radius 2 is 2.00 bits per heavy atom. The third-order valence-corrected chi connectivity index (χ3v) is 4.27. The molecule has 0 spiro atoms. The zero-order chi connectivity index (χ0) is 12.7. The Bertz CT molecular complexity index is 335. The van der Waals surface area contributed by atoms with Crippen molar-refractivity contribution in [3.63, 3.8) is 0 Å². The maximum atomic E-state index is 11.8. The highest BCUT2D eigenvalue weighted by Gasteiger charge is 2.24. The Hall–Kier alpha value is -0.660. The standard InChI is InChI=1S/C10H19NO5S/c1-2-6-16-10(12)3-9-17(13,14)11-4-7-15-8-5-11/h2-9H2,1H3. The lowest BCUT2D eigenvalue weighted by Gasteiger charge is -2.25. The quantitative estimate of drug-likeness (QED) is 0.632. The fourth-order valence-electron chi connectivity index (χ4n) is 1.45. The van der Waals surface area contributed by atoms with Crippen LogP contribution in [0.4, 0.5) is 0 Å². The van der Waals surface area contributed by atoms with Crippen molar-refractivity contribution in [3.8, 4) is 0 Å². The molecule has 100 valence electrons. The summed E-state index contributed by atoms with van der Waals surface area (Å²) in [4.78, 5) is 11.2. The minimum Gasteiger partial charge on any atom is -0.466 e. The number of hydrogen-bond donors (Lipinski definition) is 0. The normalized spacial score (nSPS) is 17.9. The number of morpholine rings is 1. The molecule has 6 nitrogen and oxygen atoms in total. The minimum absolute atomic E-state index is 0.0836. The Kier molecular flexibility index (Phi) is 5.87. The molecule has 1 rings (SSSR count). The third-order valence-electron chi connectivity index (χ3n) is 2.39. The average Bonchev–Trinajstić information content (AvgIpc) is 2.35. The first kappa shape index (κ1) is 14.4. The molecule has 0 saturated carbocycles. The van der Waals surface area contributed by atoms with E-state index in [-0.39, 0.29) is 12.2 Å². The van der Waals surface area contributed by atoms with Gasteiger partial charge in [0, 0.05) is 13.1 Å². The van der Waals surface area contributed by atoms with E-state index in [1.54, 1.807) is 0 Å². The highest BCUT2D eigenvalue weighted by atomic mass is 32.2. The van der Waals surface area contributed by atoms with Crippen molar-refractivity contribution >= 4 is 16.0 Å². The number of esters is 1. The highest BCUT2D eigenvalue weighted by molar-refractivity contribution is 7.89. The summed E-state index contributed by atoms with van der Waals surface area (Å²) in [6.45, 7) is 3.80. The van der Waals surface area contributed by atoms with Crippen molar-refractivity contribution in [3.05, 3.63) is 0 Å². The lowest BCUT2D eigenvalue weighted by atomic mass is 10.5. The summed E-state index contributed by atoms with van der Waals surface area (Å²) in [7, 11) is -3.35. The van der Waals surface area contributed by atoms with Crippen LogP contribution in [0.3, 0.4) is 0 Å². The van der Waals surface area contributed by atoms with Crippen LogP contribution in [-0.4, -0.2) is 57.4 Å². The van der Waals surface area contributed by atoms with E-state index in [4.69, 9.17) is 9.47 Å². The van der Waals surface area contributed by atoms with E-state index >= 15 is 0 Å². The molecule has 0 bridgehead atoms. The van der Waals surface area contributed by atoms with Gasteiger partial charge in [-0.25, -0.2) is 8.42 Å². The molecule has 0 N–H and O–H groups in total. The highest BCUT2D eigenvalue weighted by Crippen LogP contribution is 2.07. The van der Waals surface area contributed by atoms with E-state index in [9.17, 15) is 13.2 Å². The number of ether oxygens (including phenoxy) is 2. The number of nitrogens with zero attached hydrogens (tertiary/aromatic N) is 1. The zero-order valence-electron chi connectivity index (χ0n) is 10.1. The molecule has 0 aromatic heterocycles. The van der Waals surface area contributed by atoms with Gasteiger partial charge in [0.2, 0.25) is 10.0 Å². The molecule has 17 heavy (non-hydrogen) atoms. The van der Waals surface area contributed by atoms with E-state index in [2.05, 4.69) is 0 Å². The first-order chi connectivity index (χ1) is 8.06. The Balaban J connectivity index is 2.35. The van der Waals surface area contributed by atoms with Gasteiger partial charge >= 0.3 is 5.97 Å². The van der Waals surface area contributed by atoms with Crippen molar-refractivity contribution in [2.24, 2.45) is 0 Å². The van der Waals surface area contributed by atoms with Crippen molar-refractivity contribution in [2.45, 2.75) is 19.8 Å². The van der Waals surface area contributed by atoms with Gasteiger partial charge in [-0.1, -0.05) is 6.92 Å². The first-order valence-electron chi connectivity index (χ1n) is 5.77. The van der Waals surface area contributed by atoms with Crippen LogP contribution in [0.2, 0.25) is 0 Å². The molecule has 0 amide bonds. The number of sulfonamides is 1. The van der Waals surface area contributed by atoms with Crippen LogP contribution >= 0.6 is 0 Å². The molecule has 0 atom stereocenters. The van der Waals surface area contributed by atoms with E-state index in [1.807, 2.05) is 6.92 Å². The molecule has 1 heterocycles.